The van der Waals surface area contributed by atoms with Crippen molar-refractivity contribution in [2.75, 3.05) is 19.6 Å². The molecule has 1 aliphatic rings. The number of hydrogen-bond donors (Lipinski definition) is 1. The SMILES string of the molecule is Cc1nc(C)c(C(=O)N2CCNC(=O)C2)o1. The largest absolute Gasteiger partial charge is 0.436 e. The van der Waals surface area contributed by atoms with Gasteiger partial charge in [-0.1, -0.05) is 0 Å². The van der Waals surface area contributed by atoms with Crippen LogP contribution in [0.25, 0.3) is 0 Å². The van der Waals surface area contributed by atoms with Crippen LogP contribution in [0.1, 0.15) is 22.1 Å². The van der Waals surface area contributed by atoms with Gasteiger partial charge in [0.25, 0.3) is 5.91 Å². The van der Waals surface area contributed by atoms with Crippen LogP contribution in [0.3, 0.4) is 0 Å². The van der Waals surface area contributed by atoms with Crippen molar-refractivity contribution < 1.29 is 14.0 Å². The number of piperazine rings is 1. The van der Waals surface area contributed by atoms with Gasteiger partial charge in [0.1, 0.15) is 6.54 Å². The Hall–Kier alpha value is -1.85. The predicted molar refractivity (Wildman–Crippen MR) is 54.9 cm³/mol. The van der Waals surface area contributed by atoms with Crippen LogP contribution in [0, 0.1) is 13.8 Å². The Labute approximate surface area is 92.6 Å². The van der Waals surface area contributed by atoms with Crippen LogP contribution in [0.5, 0.6) is 0 Å². The third kappa shape index (κ3) is 1.91. The number of rotatable bonds is 1. The Bertz CT molecular complexity index is 439. The maximum atomic E-state index is 12.0. The molecule has 0 bridgehead atoms. The quantitative estimate of drug-likeness (QED) is 0.719. The zero-order chi connectivity index (χ0) is 11.7. The molecule has 2 rings (SSSR count). The molecule has 2 heterocycles. The summed E-state index contributed by atoms with van der Waals surface area (Å²) in [7, 11) is 0. The van der Waals surface area contributed by atoms with Crippen LogP contribution in [0.15, 0.2) is 4.42 Å². The molecule has 6 heteroatoms. The van der Waals surface area contributed by atoms with E-state index in [0.29, 0.717) is 24.7 Å². The number of aryl methyl sites for hydroxylation is 2. The minimum atomic E-state index is -0.270. The van der Waals surface area contributed by atoms with Crippen molar-refractivity contribution in [1.29, 1.82) is 0 Å². The van der Waals surface area contributed by atoms with E-state index in [9.17, 15) is 9.59 Å². The summed E-state index contributed by atoms with van der Waals surface area (Å²) < 4.78 is 5.23. The molecule has 0 aliphatic carbocycles. The highest BCUT2D eigenvalue weighted by Gasteiger charge is 2.26. The summed E-state index contributed by atoms with van der Waals surface area (Å²) in [4.78, 5) is 28.6. The van der Waals surface area contributed by atoms with Gasteiger partial charge in [-0.2, -0.15) is 0 Å². The van der Waals surface area contributed by atoms with Crippen LogP contribution in [0.4, 0.5) is 0 Å². The van der Waals surface area contributed by atoms with E-state index in [1.165, 1.54) is 4.90 Å². The molecule has 0 radical (unpaired) electrons. The molecule has 1 aromatic heterocycles. The third-order valence-electron chi connectivity index (χ3n) is 2.42. The lowest BCUT2D eigenvalue weighted by Gasteiger charge is -2.25. The second-order valence-corrected chi connectivity index (χ2v) is 3.72. The highest BCUT2D eigenvalue weighted by molar-refractivity contribution is 5.95. The van der Waals surface area contributed by atoms with Gasteiger partial charge >= 0.3 is 0 Å². The molecule has 1 fully saturated rings. The van der Waals surface area contributed by atoms with Gasteiger partial charge in [0, 0.05) is 20.0 Å². The maximum absolute atomic E-state index is 12.0. The highest BCUT2D eigenvalue weighted by atomic mass is 16.4. The first kappa shape index (κ1) is 10.7. The number of nitrogens with one attached hydrogen (secondary N) is 1. The molecule has 0 unspecified atom stereocenters. The lowest BCUT2D eigenvalue weighted by atomic mass is 10.3. The first-order valence-electron chi connectivity index (χ1n) is 5.08. The molecule has 0 atom stereocenters. The van der Waals surface area contributed by atoms with Crippen LogP contribution >= 0.6 is 0 Å². The molecular formula is C10H13N3O3. The van der Waals surface area contributed by atoms with E-state index < -0.39 is 0 Å². The van der Waals surface area contributed by atoms with Gasteiger partial charge in [-0.05, 0) is 6.92 Å². The molecule has 1 N–H and O–H groups in total. The van der Waals surface area contributed by atoms with Crippen LogP contribution < -0.4 is 5.32 Å². The molecule has 0 saturated carbocycles. The molecule has 1 saturated heterocycles. The molecule has 16 heavy (non-hydrogen) atoms. The van der Waals surface area contributed by atoms with Crippen molar-refractivity contribution in [3.8, 4) is 0 Å². The first-order chi connectivity index (χ1) is 7.58. The average Bonchev–Trinajstić information content (AvgIpc) is 2.57. The van der Waals surface area contributed by atoms with E-state index in [-0.39, 0.29) is 24.1 Å². The third-order valence-corrected chi connectivity index (χ3v) is 2.42. The Kier molecular flexibility index (Phi) is 2.64. The summed E-state index contributed by atoms with van der Waals surface area (Å²) in [5.41, 5.74) is 0.563. The Morgan fingerprint density at radius 2 is 2.25 bits per heavy atom. The van der Waals surface area contributed by atoms with Crippen molar-refractivity contribution in [2.45, 2.75) is 13.8 Å². The van der Waals surface area contributed by atoms with Gasteiger partial charge in [-0.25, -0.2) is 4.98 Å². The standard InChI is InChI=1S/C10H13N3O3/c1-6-9(16-7(2)12-6)10(15)13-4-3-11-8(14)5-13/h3-5H2,1-2H3,(H,11,14). The van der Waals surface area contributed by atoms with E-state index in [2.05, 4.69) is 10.3 Å². The topological polar surface area (TPSA) is 75.4 Å². The normalized spacial score (nSPS) is 16.1. The maximum Gasteiger partial charge on any atom is 0.292 e. The van der Waals surface area contributed by atoms with Crippen molar-refractivity contribution in [2.24, 2.45) is 0 Å². The minimum absolute atomic E-state index is 0.0814. The summed E-state index contributed by atoms with van der Waals surface area (Å²) in [5, 5.41) is 2.66. The van der Waals surface area contributed by atoms with E-state index in [1.807, 2.05) is 0 Å². The molecule has 1 aliphatic heterocycles. The van der Waals surface area contributed by atoms with E-state index in [1.54, 1.807) is 13.8 Å². The van der Waals surface area contributed by atoms with Crippen LogP contribution in [0.2, 0.25) is 0 Å². The zero-order valence-corrected chi connectivity index (χ0v) is 9.24. The highest BCUT2D eigenvalue weighted by Crippen LogP contribution is 2.12. The van der Waals surface area contributed by atoms with Crippen LogP contribution in [-0.2, 0) is 4.79 Å². The summed E-state index contributed by atoms with van der Waals surface area (Å²) in [6, 6.07) is 0. The molecule has 1 aromatic rings. The fourth-order valence-corrected chi connectivity index (χ4v) is 1.69. The van der Waals surface area contributed by atoms with Gasteiger partial charge in [-0.3, -0.25) is 9.59 Å². The van der Waals surface area contributed by atoms with Gasteiger partial charge in [0.05, 0.1) is 5.69 Å². The fourth-order valence-electron chi connectivity index (χ4n) is 1.69. The lowest BCUT2D eigenvalue weighted by Crippen LogP contribution is -2.50. The second-order valence-electron chi connectivity index (χ2n) is 3.72. The number of aromatic nitrogens is 1. The van der Waals surface area contributed by atoms with E-state index in [4.69, 9.17) is 4.42 Å². The van der Waals surface area contributed by atoms with Crippen molar-refractivity contribution in [3.05, 3.63) is 17.3 Å². The summed E-state index contributed by atoms with van der Waals surface area (Å²) in [6.45, 7) is 4.47. The summed E-state index contributed by atoms with van der Waals surface area (Å²) in [6.07, 6.45) is 0. The van der Waals surface area contributed by atoms with Gasteiger partial charge in [0.15, 0.2) is 5.89 Å². The molecule has 6 nitrogen and oxygen atoms in total. The number of hydrogen-bond acceptors (Lipinski definition) is 4. The van der Waals surface area contributed by atoms with Crippen LogP contribution in [-0.4, -0.2) is 41.3 Å². The average molecular weight is 223 g/mol. The second kappa shape index (κ2) is 3.96. The fraction of sp³-hybridized carbons (Fsp3) is 0.500. The summed E-state index contributed by atoms with van der Waals surface area (Å²) in [5.74, 6) is 0.274. The number of nitrogens with zero attached hydrogens (tertiary/aromatic N) is 2. The predicted octanol–water partition coefficient (Wildman–Crippen LogP) is -0.137. The van der Waals surface area contributed by atoms with E-state index >= 15 is 0 Å². The minimum Gasteiger partial charge on any atom is -0.436 e. The zero-order valence-electron chi connectivity index (χ0n) is 9.24. The Balaban J connectivity index is 2.18. The molecule has 2 amide bonds. The smallest absolute Gasteiger partial charge is 0.292 e. The first-order valence-corrected chi connectivity index (χ1v) is 5.08. The number of amides is 2. The van der Waals surface area contributed by atoms with Gasteiger partial charge < -0.3 is 14.6 Å². The monoisotopic (exact) mass is 223 g/mol. The molecular weight excluding hydrogens is 210 g/mol. The van der Waals surface area contributed by atoms with Gasteiger partial charge in [-0.15, -0.1) is 0 Å². The van der Waals surface area contributed by atoms with Crippen molar-refractivity contribution >= 4 is 11.8 Å². The van der Waals surface area contributed by atoms with Crippen molar-refractivity contribution in [1.82, 2.24) is 15.2 Å². The van der Waals surface area contributed by atoms with Gasteiger partial charge in [0.2, 0.25) is 11.7 Å². The molecule has 0 spiro atoms. The summed E-state index contributed by atoms with van der Waals surface area (Å²) >= 11 is 0. The number of carbonyl (C=O) groups excluding carboxylic acids is 2. The van der Waals surface area contributed by atoms with E-state index in [0.717, 1.165) is 0 Å². The molecule has 0 aromatic carbocycles. The van der Waals surface area contributed by atoms with Crippen molar-refractivity contribution in [3.63, 3.8) is 0 Å². The lowest BCUT2D eigenvalue weighted by molar-refractivity contribution is -0.123. The number of carbonyl (C=O) groups is 2. The Morgan fingerprint density at radius 3 is 2.81 bits per heavy atom. The number of oxazole rings is 1. The molecule has 86 valence electrons. The Morgan fingerprint density at radius 1 is 1.50 bits per heavy atom.